The van der Waals surface area contributed by atoms with Crippen LogP contribution in [0.4, 0.5) is 0 Å². The highest BCUT2D eigenvalue weighted by Gasteiger charge is 2.26. The van der Waals surface area contributed by atoms with Gasteiger partial charge in [0, 0.05) is 6.04 Å². The Hall–Kier alpha value is -2.24. The SMILES string of the molecule is COc1ccc(CC(=O)O[C@H](C)C(=O)N[C@@H]2CCCC[C@H]2C)cc1OC. The number of hydrogen-bond acceptors (Lipinski definition) is 5. The quantitative estimate of drug-likeness (QED) is 0.754. The number of carbonyl (C=O) groups excluding carboxylic acids is 2. The van der Waals surface area contributed by atoms with Crippen LogP contribution in [0.15, 0.2) is 18.2 Å². The number of ether oxygens (including phenoxy) is 3. The third-order valence-electron chi connectivity index (χ3n) is 4.91. The van der Waals surface area contributed by atoms with E-state index in [1.807, 2.05) is 0 Å². The van der Waals surface area contributed by atoms with E-state index in [9.17, 15) is 9.59 Å². The molecule has 1 aliphatic carbocycles. The first kappa shape index (κ1) is 20.1. The van der Waals surface area contributed by atoms with Gasteiger partial charge >= 0.3 is 5.97 Å². The van der Waals surface area contributed by atoms with E-state index in [1.54, 1.807) is 39.3 Å². The van der Waals surface area contributed by atoms with E-state index in [4.69, 9.17) is 14.2 Å². The molecule has 0 aliphatic heterocycles. The molecule has 144 valence electrons. The molecule has 0 radical (unpaired) electrons. The van der Waals surface area contributed by atoms with Gasteiger partial charge < -0.3 is 19.5 Å². The van der Waals surface area contributed by atoms with Crippen LogP contribution in [0.5, 0.6) is 11.5 Å². The largest absolute Gasteiger partial charge is 0.493 e. The van der Waals surface area contributed by atoms with Crippen molar-refractivity contribution in [1.29, 1.82) is 0 Å². The molecule has 1 aromatic carbocycles. The van der Waals surface area contributed by atoms with E-state index in [2.05, 4.69) is 12.2 Å². The lowest BCUT2D eigenvalue weighted by Gasteiger charge is -2.30. The zero-order valence-electron chi connectivity index (χ0n) is 16.0. The van der Waals surface area contributed by atoms with Gasteiger partial charge in [0.1, 0.15) is 0 Å². The van der Waals surface area contributed by atoms with Gasteiger partial charge in [-0.1, -0.05) is 25.8 Å². The molecule has 3 atom stereocenters. The summed E-state index contributed by atoms with van der Waals surface area (Å²) in [5.41, 5.74) is 0.737. The first-order chi connectivity index (χ1) is 12.4. The molecule has 0 unspecified atom stereocenters. The molecule has 6 heteroatoms. The lowest BCUT2D eigenvalue weighted by Crippen LogP contribution is -2.46. The van der Waals surface area contributed by atoms with E-state index in [0.29, 0.717) is 17.4 Å². The Morgan fingerprint density at radius 1 is 1.15 bits per heavy atom. The van der Waals surface area contributed by atoms with Crippen molar-refractivity contribution in [2.24, 2.45) is 5.92 Å². The monoisotopic (exact) mass is 363 g/mol. The van der Waals surface area contributed by atoms with Crippen LogP contribution in [0, 0.1) is 5.92 Å². The second-order valence-corrected chi connectivity index (χ2v) is 6.88. The molecule has 0 spiro atoms. The summed E-state index contributed by atoms with van der Waals surface area (Å²) in [6.07, 6.45) is 3.71. The average Bonchev–Trinajstić information content (AvgIpc) is 2.63. The molecule has 1 aliphatic rings. The zero-order valence-corrected chi connectivity index (χ0v) is 16.0. The van der Waals surface area contributed by atoms with Crippen LogP contribution < -0.4 is 14.8 Å². The molecule has 2 rings (SSSR count). The molecule has 0 bridgehead atoms. The summed E-state index contributed by atoms with van der Waals surface area (Å²) in [5, 5.41) is 3.02. The third-order valence-corrected chi connectivity index (χ3v) is 4.91. The Bertz CT molecular complexity index is 631. The first-order valence-electron chi connectivity index (χ1n) is 9.15. The number of carbonyl (C=O) groups is 2. The number of hydrogen-bond donors (Lipinski definition) is 1. The molecule has 0 saturated heterocycles. The summed E-state index contributed by atoms with van der Waals surface area (Å²) < 4.78 is 15.7. The molecule has 1 aromatic rings. The van der Waals surface area contributed by atoms with Crippen LogP contribution in [-0.2, 0) is 20.7 Å². The van der Waals surface area contributed by atoms with Crippen molar-refractivity contribution < 1.29 is 23.8 Å². The van der Waals surface area contributed by atoms with Gasteiger partial charge in [0.05, 0.1) is 20.6 Å². The maximum Gasteiger partial charge on any atom is 0.311 e. The van der Waals surface area contributed by atoms with E-state index in [1.165, 1.54) is 6.42 Å². The second-order valence-electron chi connectivity index (χ2n) is 6.88. The topological polar surface area (TPSA) is 73.9 Å². The molecule has 26 heavy (non-hydrogen) atoms. The molecule has 1 saturated carbocycles. The summed E-state index contributed by atoms with van der Waals surface area (Å²) in [4.78, 5) is 24.5. The van der Waals surface area contributed by atoms with Crippen molar-refractivity contribution in [3.63, 3.8) is 0 Å². The van der Waals surface area contributed by atoms with Crippen LogP contribution >= 0.6 is 0 Å². The Morgan fingerprint density at radius 2 is 1.85 bits per heavy atom. The van der Waals surface area contributed by atoms with Crippen LogP contribution in [0.2, 0.25) is 0 Å². The van der Waals surface area contributed by atoms with Crippen molar-refractivity contribution in [3.8, 4) is 11.5 Å². The summed E-state index contributed by atoms with van der Waals surface area (Å²) in [7, 11) is 3.10. The normalized spacial score (nSPS) is 20.8. The molecule has 1 fully saturated rings. The number of rotatable bonds is 7. The molecule has 1 amide bonds. The van der Waals surface area contributed by atoms with Crippen molar-refractivity contribution in [2.45, 2.75) is 58.1 Å². The van der Waals surface area contributed by atoms with Gasteiger partial charge in [0.15, 0.2) is 17.6 Å². The van der Waals surface area contributed by atoms with Crippen molar-refractivity contribution >= 4 is 11.9 Å². The molecule has 0 aromatic heterocycles. The van der Waals surface area contributed by atoms with Crippen LogP contribution in [0.1, 0.15) is 45.1 Å². The highest BCUT2D eigenvalue weighted by molar-refractivity contribution is 5.84. The van der Waals surface area contributed by atoms with Crippen LogP contribution in [0.25, 0.3) is 0 Å². The molecule has 0 heterocycles. The number of esters is 1. The number of amides is 1. The Kier molecular flexibility index (Phi) is 7.30. The zero-order chi connectivity index (χ0) is 19.1. The van der Waals surface area contributed by atoms with E-state index in [0.717, 1.165) is 24.8 Å². The third kappa shape index (κ3) is 5.38. The van der Waals surface area contributed by atoms with Crippen molar-refractivity contribution in [2.75, 3.05) is 14.2 Å². The lowest BCUT2D eigenvalue weighted by molar-refractivity contribution is -0.154. The van der Waals surface area contributed by atoms with Gasteiger partial charge in [0.2, 0.25) is 0 Å². The predicted octanol–water partition coefficient (Wildman–Crippen LogP) is 2.87. The minimum atomic E-state index is -0.809. The van der Waals surface area contributed by atoms with Gasteiger partial charge in [0.25, 0.3) is 5.91 Å². The standard InChI is InChI=1S/C20H29NO5/c1-13-7-5-6-8-16(13)21-20(23)14(2)26-19(22)12-15-9-10-17(24-3)18(11-15)25-4/h9-11,13-14,16H,5-8,12H2,1-4H3,(H,21,23)/t13-,14-,16-/m1/s1. The highest BCUT2D eigenvalue weighted by Crippen LogP contribution is 2.28. The smallest absolute Gasteiger partial charge is 0.311 e. The Balaban J connectivity index is 1.87. The maximum absolute atomic E-state index is 12.3. The minimum Gasteiger partial charge on any atom is -0.493 e. The summed E-state index contributed by atoms with van der Waals surface area (Å²) in [6, 6.07) is 5.41. The average molecular weight is 363 g/mol. The predicted molar refractivity (Wildman–Crippen MR) is 98.4 cm³/mol. The van der Waals surface area contributed by atoms with Crippen LogP contribution in [0.3, 0.4) is 0 Å². The lowest BCUT2D eigenvalue weighted by atomic mass is 9.86. The van der Waals surface area contributed by atoms with Gasteiger partial charge in [-0.15, -0.1) is 0 Å². The van der Waals surface area contributed by atoms with E-state index in [-0.39, 0.29) is 18.4 Å². The van der Waals surface area contributed by atoms with E-state index < -0.39 is 12.1 Å². The fraction of sp³-hybridized carbons (Fsp3) is 0.600. The summed E-state index contributed by atoms with van der Waals surface area (Å²) >= 11 is 0. The van der Waals surface area contributed by atoms with Gasteiger partial charge in [-0.25, -0.2) is 0 Å². The summed E-state index contributed by atoms with van der Waals surface area (Å²) in [5.74, 6) is 0.928. The minimum absolute atomic E-state index is 0.0673. The molecule has 1 N–H and O–H groups in total. The first-order valence-corrected chi connectivity index (χ1v) is 9.15. The Morgan fingerprint density at radius 3 is 2.50 bits per heavy atom. The molecular weight excluding hydrogens is 334 g/mol. The highest BCUT2D eigenvalue weighted by atomic mass is 16.5. The fourth-order valence-electron chi connectivity index (χ4n) is 3.28. The number of methoxy groups -OCH3 is 2. The second kappa shape index (κ2) is 9.46. The van der Waals surface area contributed by atoms with E-state index >= 15 is 0 Å². The summed E-state index contributed by atoms with van der Waals surface area (Å²) in [6.45, 7) is 3.76. The van der Waals surface area contributed by atoms with Crippen molar-refractivity contribution in [1.82, 2.24) is 5.32 Å². The van der Waals surface area contributed by atoms with Gasteiger partial charge in [-0.3, -0.25) is 9.59 Å². The Labute approximate surface area is 155 Å². The van der Waals surface area contributed by atoms with Gasteiger partial charge in [-0.05, 0) is 43.4 Å². The number of nitrogens with one attached hydrogen (secondary N) is 1. The maximum atomic E-state index is 12.3. The van der Waals surface area contributed by atoms with Gasteiger partial charge in [-0.2, -0.15) is 0 Å². The number of benzene rings is 1. The fourth-order valence-corrected chi connectivity index (χ4v) is 3.28. The van der Waals surface area contributed by atoms with Crippen LogP contribution in [-0.4, -0.2) is 38.2 Å². The molecule has 6 nitrogen and oxygen atoms in total. The van der Waals surface area contributed by atoms with Crippen molar-refractivity contribution in [3.05, 3.63) is 23.8 Å². The molecular formula is C20H29NO5.